The maximum absolute atomic E-state index is 11.4. The molecular weight excluding hydrogens is 220 g/mol. The molecule has 0 radical (unpaired) electrons. The van der Waals surface area contributed by atoms with Crippen LogP contribution in [0.2, 0.25) is 0 Å². The lowest BCUT2D eigenvalue weighted by atomic mass is 9.64. The number of aliphatic carboxylic acids is 2. The Morgan fingerprint density at radius 2 is 1.59 bits per heavy atom. The van der Waals surface area contributed by atoms with Gasteiger partial charge in [0.25, 0.3) is 0 Å². The molecule has 17 heavy (non-hydrogen) atoms. The van der Waals surface area contributed by atoms with Crippen molar-refractivity contribution in [3.05, 3.63) is 0 Å². The van der Waals surface area contributed by atoms with Crippen molar-refractivity contribution >= 4 is 11.9 Å². The maximum atomic E-state index is 11.4. The van der Waals surface area contributed by atoms with Crippen LogP contribution in [0.3, 0.4) is 0 Å². The summed E-state index contributed by atoms with van der Waals surface area (Å²) in [6.07, 6.45) is 1.33. The van der Waals surface area contributed by atoms with E-state index in [4.69, 9.17) is 5.11 Å². The van der Waals surface area contributed by atoms with Gasteiger partial charge in [0.2, 0.25) is 0 Å². The van der Waals surface area contributed by atoms with Crippen LogP contribution in [0.1, 0.15) is 53.9 Å². The quantitative estimate of drug-likeness (QED) is 0.753. The fraction of sp³-hybridized carbons (Fsp3) is 0.846. The lowest BCUT2D eigenvalue weighted by Crippen LogP contribution is -2.41. The first-order chi connectivity index (χ1) is 7.56. The van der Waals surface area contributed by atoms with Gasteiger partial charge in [0, 0.05) is 0 Å². The average Bonchev–Trinajstić information content (AvgIpc) is 2.15. The molecule has 0 aliphatic carbocycles. The first-order valence-corrected chi connectivity index (χ1v) is 6.02. The van der Waals surface area contributed by atoms with Crippen molar-refractivity contribution < 1.29 is 19.8 Å². The van der Waals surface area contributed by atoms with Crippen molar-refractivity contribution in [1.82, 2.24) is 0 Å². The summed E-state index contributed by atoms with van der Waals surface area (Å²) in [5, 5.41) is 18.3. The highest BCUT2D eigenvalue weighted by Gasteiger charge is 2.44. The van der Waals surface area contributed by atoms with Gasteiger partial charge in [-0.3, -0.25) is 9.59 Å². The van der Waals surface area contributed by atoms with E-state index in [1.54, 1.807) is 6.92 Å². The maximum Gasteiger partial charge on any atom is 0.309 e. The molecule has 4 nitrogen and oxygen atoms in total. The summed E-state index contributed by atoms with van der Waals surface area (Å²) in [7, 11) is 0. The number of hydrogen-bond acceptors (Lipinski definition) is 2. The van der Waals surface area contributed by atoms with E-state index in [0.29, 0.717) is 19.3 Å². The highest BCUT2D eigenvalue weighted by molar-refractivity contribution is 5.75. The van der Waals surface area contributed by atoms with Crippen molar-refractivity contribution in [2.24, 2.45) is 16.7 Å². The molecule has 0 rings (SSSR count). The summed E-state index contributed by atoms with van der Waals surface area (Å²) in [6.45, 7) is 9.15. The number of carboxylic acids is 2. The van der Waals surface area contributed by atoms with Crippen LogP contribution < -0.4 is 0 Å². The number of carboxylic acid groups (broad SMARTS) is 2. The second-order valence-corrected chi connectivity index (χ2v) is 5.87. The van der Waals surface area contributed by atoms with E-state index < -0.39 is 28.7 Å². The molecular formula is C13H24O4. The number of rotatable bonds is 6. The van der Waals surface area contributed by atoms with Crippen LogP contribution in [0.5, 0.6) is 0 Å². The molecule has 0 aliphatic rings. The zero-order valence-corrected chi connectivity index (χ0v) is 11.4. The Labute approximate surface area is 103 Å². The van der Waals surface area contributed by atoms with Crippen LogP contribution in [-0.4, -0.2) is 22.2 Å². The summed E-state index contributed by atoms with van der Waals surface area (Å²) in [4.78, 5) is 22.3. The Balaban J connectivity index is 4.81. The molecule has 2 N–H and O–H groups in total. The predicted octanol–water partition coefficient (Wildman–Crippen LogP) is 3.01. The molecule has 0 saturated carbocycles. The van der Waals surface area contributed by atoms with Crippen LogP contribution >= 0.6 is 0 Å². The van der Waals surface area contributed by atoms with E-state index in [9.17, 15) is 14.7 Å². The molecule has 0 aromatic rings. The van der Waals surface area contributed by atoms with E-state index in [-0.39, 0.29) is 0 Å². The van der Waals surface area contributed by atoms with Gasteiger partial charge in [-0.05, 0) is 31.6 Å². The molecule has 4 heteroatoms. The van der Waals surface area contributed by atoms with Gasteiger partial charge in [-0.25, -0.2) is 0 Å². The number of carbonyl (C=O) groups is 2. The minimum Gasteiger partial charge on any atom is -0.481 e. The third kappa shape index (κ3) is 3.72. The minimum absolute atomic E-state index is 0.386. The van der Waals surface area contributed by atoms with Crippen molar-refractivity contribution in [1.29, 1.82) is 0 Å². The van der Waals surface area contributed by atoms with Crippen molar-refractivity contribution in [2.45, 2.75) is 53.9 Å². The molecule has 0 aromatic carbocycles. The van der Waals surface area contributed by atoms with Gasteiger partial charge in [-0.15, -0.1) is 0 Å². The highest BCUT2D eigenvalue weighted by atomic mass is 16.4. The second kappa shape index (κ2) is 5.52. The van der Waals surface area contributed by atoms with E-state index in [1.807, 2.05) is 27.7 Å². The third-order valence-corrected chi connectivity index (χ3v) is 3.96. The third-order valence-electron chi connectivity index (χ3n) is 3.96. The topological polar surface area (TPSA) is 74.6 Å². The molecule has 0 fully saturated rings. The average molecular weight is 244 g/mol. The van der Waals surface area contributed by atoms with Crippen molar-refractivity contribution in [3.8, 4) is 0 Å². The van der Waals surface area contributed by atoms with E-state index in [2.05, 4.69) is 0 Å². The second-order valence-electron chi connectivity index (χ2n) is 5.87. The SMILES string of the molecule is CCC(CCC(C)(C(=O)O)C(C)(C)C)C(=O)O. The predicted molar refractivity (Wildman–Crippen MR) is 65.8 cm³/mol. The lowest BCUT2D eigenvalue weighted by Gasteiger charge is -2.38. The van der Waals surface area contributed by atoms with Gasteiger partial charge < -0.3 is 10.2 Å². The Morgan fingerprint density at radius 3 is 1.82 bits per heavy atom. The fourth-order valence-electron chi connectivity index (χ4n) is 1.77. The molecule has 0 heterocycles. The first-order valence-electron chi connectivity index (χ1n) is 6.02. The Kier molecular flexibility index (Phi) is 5.17. The first kappa shape index (κ1) is 15.9. The molecule has 2 unspecified atom stereocenters. The largest absolute Gasteiger partial charge is 0.481 e. The standard InChI is InChI=1S/C13H24O4/c1-6-9(10(14)15)7-8-13(5,11(16)17)12(2,3)4/h9H,6-8H2,1-5H3,(H,14,15)(H,16,17). The summed E-state index contributed by atoms with van der Waals surface area (Å²) in [6, 6.07) is 0. The molecule has 0 saturated heterocycles. The van der Waals surface area contributed by atoms with Crippen LogP contribution in [-0.2, 0) is 9.59 Å². The van der Waals surface area contributed by atoms with Gasteiger partial charge >= 0.3 is 11.9 Å². The molecule has 2 atom stereocenters. The van der Waals surface area contributed by atoms with Gasteiger partial charge in [0.1, 0.15) is 0 Å². The number of hydrogen-bond donors (Lipinski definition) is 2. The molecule has 0 bridgehead atoms. The van der Waals surface area contributed by atoms with Gasteiger partial charge in [0.05, 0.1) is 11.3 Å². The van der Waals surface area contributed by atoms with E-state index >= 15 is 0 Å². The molecule has 0 aliphatic heterocycles. The lowest BCUT2D eigenvalue weighted by molar-refractivity contribution is -0.156. The van der Waals surface area contributed by atoms with E-state index in [1.165, 1.54) is 0 Å². The molecule has 0 spiro atoms. The summed E-state index contributed by atoms with van der Waals surface area (Å²) in [5.41, 5.74) is -1.29. The molecule has 0 amide bonds. The van der Waals surface area contributed by atoms with Gasteiger partial charge in [-0.2, -0.15) is 0 Å². The van der Waals surface area contributed by atoms with Gasteiger partial charge in [-0.1, -0.05) is 27.7 Å². The fourth-order valence-corrected chi connectivity index (χ4v) is 1.77. The van der Waals surface area contributed by atoms with Crippen molar-refractivity contribution in [2.75, 3.05) is 0 Å². The van der Waals surface area contributed by atoms with Gasteiger partial charge in [0.15, 0.2) is 0 Å². The normalized spacial score (nSPS) is 17.2. The monoisotopic (exact) mass is 244 g/mol. The Hall–Kier alpha value is -1.06. The summed E-state index contributed by atoms with van der Waals surface area (Å²) < 4.78 is 0. The highest BCUT2D eigenvalue weighted by Crippen LogP contribution is 2.43. The Morgan fingerprint density at radius 1 is 1.12 bits per heavy atom. The van der Waals surface area contributed by atoms with Crippen LogP contribution in [0.15, 0.2) is 0 Å². The van der Waals surface area contributed by atoms with Crippen LogP contribution in [0, 0.1) is 16.7 Å². The zero-order valence-electron chi connectivity index (χ0n) is 11.4. The Bertz CT molecular complexity index is 290. The smallest absolute Gasteiger partial charge is 0.309 e. The van der Waals surface area contributed by atoms with Crippen LogP contribution in [0.4, 0.5) is 0 Å². The molecule has 0 aromatic heterocycles. The minimum atomic E-state index is -0.893. The van der Waals surface area contributed by atoms with Crippen molar-refractivity contribution in [3.63, 3.8) is 0 Å². The zero-order chi connectivity index (χ0) is 13.9. The summed E-state index contributed by atoms with van der Waals surface area (Å²) in [5.74, 6) is -2.14. The molecule has 100 valence electrons. The van der Waals surface area contributed by atoms with Crippen LogP contribution in [0.25, 0.3) is 0 Å². The van der Waals surface area contributed by atoms with E-state index in [0.717, 1.165) is 0 Å². The summed E-state index contributed by atoms with van der Waals surface area (Å²) >= 11 is 0.